The number of hydrogen-bond donors (Lipinski definition) is 2. The molecule has 0 aromatic carbocycles. The SMILES string of the molecule is CC(O)CCNc1cncc2nnnn12. The van der Waals surface area contributed by atoms with E-state index in [0.717, 1.165) is 5.82 Å². The number of hydrogen-bond acceptors (Lipinski definition) is 6. The summed E-state index contributed by atoms with van der Waals surface area (Å²) in [7, 11) is 0. The van der Waals surface area contributed by atoms with Gasteiger partial charge in [0.15, 0.2) is 5.65 Å². The van der Waals surface area contributed by atoms with Crippen LogP contribution in [0.5, 0.6) is 0 Å². The Hall–Kier alpha value is -1.76. The van der Waals surface area contributed by atoms with E-state index < -0.39 is 0 Å². The van der Waals surface area contributed by atoms with Gasteiger partial charge in [-0.05, 0) is 23.8 Å². The number of aliphatic hydroxyl groups excluding tert-OH is 1. The van der Waals surface area contributed by atoms with Crippen LogP contribution in [0, 0.1) is 0 Å². The van der Waals surface area contributed by atoms with E-state index in [1.165, 1.54) is 0 Å². The van der Waals surface area contributed by atoms with Gasteiger partial charge in [0, 0.05) is 6.54 Å². The summed E-state index contributed by atoms with van der Waals surface area (Å²) in [5.41, 5.74) is 0.594. The molecule has 0 saturated carbocycles. The van der Waals surface area contributed by atoms with Crippen molar-refractivity contribution in [2.75, 3.05) is 11.9 Å². The topological polar surface area (TPSA) is 88.2 Å². The van der Waals surface area contributed by atoms with Crippen LogP contribution in [0.2, 0.25) is 0 Å². The predicted octanol–water partition coefficient (Wildman–Crippen LogP) is -0.298. The molecule has 2 rings (SSSR count). The van der Waals surface area contributed by atoms with E-state index in [4.69, 9.17) is 5.11 Å². The first-order chi connectivity index (χ1) is 7.27. The smallest absolute Gasteiger partial charge is 0.199 e. The van der Waals surface area contributed by atoms with E-state index in [2.05, 4.69) is 25.8 Å². The van der Waals surface area contributed by atoms with Crippen LogP contribution in [0.1, 0.15) is 13.3 Å². The summed E-state index contributed by atoms with van der Waals surface area (Å²) in [5, 5.41) is 23.3. The van der Waals surface area contributed by atoms with Crippen LogP contribution < -0.4 is 5.32 Å². The van der Waals surface area contributed by atoms with Crippen LogP contribution in [-0.4, -0.2) is 42.8 Å². The Bertz CT molecular complexity index is 439. The predicted molar refractivity (Wildman–Crippen MR) is 53.4 cm³/mol. The normalized spacial score (nSPS) is 12.9. The molecule has 7 heteroatoms. The van der Waals surface area contributed by atoms with Gasteiger partial charge in [0.25, 0.3) is 0 Å². The zero-order valence-electron chi connectivity index (χ0n) is 8.33. The quantitative estimate of drug-likeness (QED) is 0.717. The second kappa shape index (κ2) is 4.18. The third-order valence-electron chi connectivity index (χ3n) is 1.98. The van der Waals surface area contributed by atoms with E-state index in [-0.39, 0.29) is 6.10 Å². The first-order valence-corrected chi connectivity index (χ1v) is 4.71. The molecule has 80 valence electrons. The third kappa shape index (κ3) is 2.18. The number of tetrazole rings is 1. The molecular formula is C8H12N6O. The Morgan fingerprint density at radius 2 is 2.40 bits per heavy atom. The fraction of sp³-hybridized carbons (Fsp3) is 0.500. The Morgan fingerprint density at radius 1 is 1.53 bits per heavy atom. The van der Waals surface area contributed by atoms with Crippen molar-refractivity contribution in [3.63, 3.8) is 0 Å². The molecule has 0 saturated heterocycles. The maximum atomic E-state index is 9.10. The molecule has 0 aliphatic heterocycles. The molecule has 0 bridgehead atoms. The highest BCUT2D eigenvalue weighted by Gasteiger charge is 2.03. The average Bonchev–Trinajstić information content (AvgIpc) is 2.65. The lowest BCUT2D eigenvalue weighted by Gasteiger charge is -2.07. The number of aromatic nitrogens is 5. The number of aliphatic hydroxyl groups is 1. The van der Waals surface area contributed by atoms with Gasteiger partial charge in [-0.15, -0.1) is 5.10 Å². The molecule has 0 aliphatic carbocycles. The Kier molecular flexibility index (Phi) is 2.72. The van der Waals surface area contributed by atoms with Gasteiger partial charge in [-0.1, -0.05) is 0 Å². The van der Waals surface area contributed by atoms with Gasteiger partial charge in [-0.2, -0.15) is 4.52 Å². The molecule has 0 spiro atoms. The maximum absolute atomic E-state index is 9.10. The number of fused-ring (bicyclic) bond motifs is 1. The summed E-state index contributed by atoms with van der Waals surface area (Å²) < 4.78 is 1.56. The zero-order valence-corrected chi connectivity index (χ0v) is 8.33. The second-order valence-electron chi connectivity index (χ2n) is 3.31. The highest BCUT2D eigenvalue weighted by atomic mass is 16.3. The van der Waals surface area contributed by atoms with Crippen molar-refractivity contribution in [3.05, 3.63) is 12.4 Å². The van der Waals surface area contributed by atoms with E-state index in [0.29, 0.717) is 18.6 Å². The highest BCUT2D eigenvalue weighted by Crippen LogP contribution is 2.05. The first kappa shape index (κ1) is 9.78. The minimum atomic E-state index is -0.321. The van der Waals surface area contributed by atoms with E-state index >= 15 is 0 Å². The number of nitrogens with zero attached hydrogens (tertiary/aromatic N) is 5. The molecule has 2 N–H and O–H groups in total. The van der Waals surface area contributed by atoms with E-state index in [1.54, 1.807) is 23.8 Å². The molecule has 0 radical (unpaired) electrons. The van der Waals surface area contributed by atoms with Gasteiger partial charge in [-0.25, -0.2) is 0 Å². The summed E-state index contributed by atoms with van der Waals surface area (Å²) in [6.45, 7) is 2.40. The standard InChI is InChI=1S/C8H12N6O/c1-6(15)2-3-10-7-4-9-5-8-11-12-13-14(7)8/h4-6,10,15H,2-3H2,1H3. The van der Waals surface area contributed by atoms with Crippen molar-refractivity contribution >= 4 is 11.5 Å². The van der Waals surface area contributed by atoms with Crippen molar-refractivity contribution < 1.29 is 5.11 Å². The fourth-order valence-electron chi connectivity index (χ4n) is 1.20. The van der Waals surface area contributed by atoms with Gasteiger partial charge in [0.05, 0.1) is 18.5 Å². The Labute approximate surface area is 86.1 Å². The van der Waals surface area contributed by atoms with Gasteiger partial charge >= 0.3 is 0 Å². The molecule has 1 unspecified atom stereocenters. The van der Waals surface area contributed by atoms with E-state index in [9.17, 15) is 0 Å². The van der Waals surface area contributed by atoms with Gasteiger partial charge in [-0.3, -0.25) is 4.98 Å². The second-order valence-corrected chi connectivity index (χ2v) is 3.31. The molecule has 2 aromatic heterocycles. The highest BCUT2D eigenvalue weighted by molar-refractivity contribution is 5.43. The molecule has 2 heterocycles. The first-order valence-electron chi connectivity index (χ1n) is 4.71. The zero-order chi connectivity index (χ0) is 10.7. The molecule has 15 heavy (non-hydrogen) atoms. The summed E-state index contributed by atoms with van der Waals surface area (Å²) in [6.07, 6.45) is 3.57. The summed E-state index contributed by atoms with van der Waals surface area (Å²) >= 11 is 0. The molecule has 0 aliphatic rings. The van der Waals surface area contributed by atoms with Crippen molar-refractivity contribution in [1.29, 1.82) is 0 Å². The Morgan fingerprint density at radius 3 is 3.20 bits per heavy atom. The third-order valence-corrected chi connectivity index (χ3v) is 1.98. The average molecular weight is 208 g/mol. The monoisotopic (exact) mass is 208 g/mol. The van der Waals surface area contributed by atoms with Crippen molar-refractivity contribution in [2.24, 2.45) is 0 Å². The molecule has 0 fully saturated rings. The van der Waals surface area contributed by atoms with Crippen LogP contribution in [0.3, 0.4) is 0 Å². The van der Waals surface area contributed by atoms with Crippen molar-refractivity contribution in [3.8, 4) is 0 Å². The van der Waals surface area contributed by atoms with Crippen molar-refractivity contribution in [2.45, 2.75) is 19.4 Å². The van der Waals surface area contributed by atoms with Crippen LogP contribution in [0.25, 0.3) is 5.65 Å². The summed E-state index contributed by atoms with van der Waals surface area (Å²) in [6, 6.07) is 0. The Balaban J connectivity index is 2.10. The molecule has 2 aromatic rings. The van der Waals surface area contributed by atoms with Gasteiger partial charge in [0.1, 0.15) is 5.82 Å². The number of nitrogens with one attached hydrogen (secondary N) is 1. The van der Waals surface area contributed by atoms with Crippen molar-refractivity contribution in [1.82, 2.24) is 25.0 Å². The molecule has 7 nitrogen and oxygen atoms in total. The van der Waals surface area contributed by atoms with Crippen LogP contribution in [-0.2, 0) is 0 Å². The lowest BCUT2D eigenvalue weighted by atomic mass is 10.3. The number of rotatable bonds is 4. The lowest BCUT2D eigenvalue weighted by Crippen LogP contribution is -2.12. The largest absolute Gasteiger partial charge is 0.393 e. The molecular weight excluding hydrogens is 196 g/mol. The minimum absolute atomic E-state index is 0.321. The fourth-order valence-corrected chi connectivity index (χ4v) is 1.20. The minimum Gasteiger partial charge on any atom is -0.393 e. The van der Waals surface area contributed by atoms with Crippen LogP contribution in [0.15, 0.2) is 12.4 Å². The van der Waals surface area contributed by atoms with Crippen LogP contribution >= 0.6 is 0 Å². The van der Waals surface area contributed by atoms with Gasteiger partial charge in [0.2, 0.25) is 0 Å². The van der Waals surface area contributed by atoms with Gasteiger partial charge < -0.3 is 10.4 Å². The van der Waals surface area contributed by atoms with E-state index in [1.807, 2.05) is 0 Å². The molecule has 0 amide bonds. The summed E-state index contributed by atoms with van der Waals surface area (Å²) in [4.78, 5) is 3.99. The number of anilines is 1. The van der Waals surface area contributed by atoms with Crippen LogP contribution in [0.4, 0.5) is 5.82 Å². The summed E-state index contributed by atoms with van der Waals surface area (Å²) in [5.74, 6) is 0.721. The maximum Gasteiger partial charge on any atom is 0.199 e. The lowest BCUT2D eigenvalue weighted by molar-refractivity contribution is 0.188. The molecule has 1 atom stereocenters.